The van der Waals surface area contributed by atoms with E-state index in [1.54, 1.807) is 0 Å². The van der Waals surface area contributed by atoms with Crippen molar-refractivity contribution in [2.45, 2.75) is 213 Å². The van der Waals surface area contributed by atoms with Gasteiger partial charge in [0.2, 0.25) is 11.8 Å². The normalized spacial score (nSPS) is 19.7. The van der Waals surface area contributed by atoms with Crippen LogP contribution in [0.3, 0.4) is 0 Å². The summed E-state index contributed by atoms with van der Waals surface area (Å²) >= 11 is 0. The highest BCUT2D eigenvalue weighted by molar-refractivity contribution is 5.82. The van der Waals surface area contributed by atoms with Crippen molar-refractivity contribution in [2.75, 3.05) is 26.3 Å². The van der Waals surface area contributed by atoms with E-state index in [-0.39, 0.29) is 114 Å². The highest BCUT2D eigenvalue weighted by Gasteiger charge is 2.37. The Morgan fingerprint density at radius 2 is 0.808 bits per heavy atom. The molecule has 0 spiro atoms. The quantitative estimate of drug-likeness (QED) is 0.121. The van der Waals surface area contributed by atoms with E-state index >= 15 is 0 Å². The fourth-order valence-corrected chi connectivity index (χ4v) is 5.94. The maximum atomic E-state index is 12.6. The number of ketones is 2. The molecule has 0 N–H and O–H groups in total. The Kier molecular flexibility index (Phi) is 32.2. The lowest BCUT2D eigenvalue weighted by molar-refractivity contribution is -0.135. The molecule has 0 saturated carbocycles. The van der Waals surface area contributed by atoms with Gasteiger partial charge in [-0.2, -0.15) is 0 Å². The summed E-state index contributed by atoms with van der Waals surface area (Å²) in [6, 6.07) is 0.147. The van der Waals surface area contributed by atoms with Crippen LogP contribution in [0.5, 0.6) is 0 Å². The zero-order chi connectivity index (χ0) is 36.6. The van der Waals surface area contributed by atoms with Crippen LogP contribution in [0.2, 0.25) is 0 Å². The second-order valence-electron chi connectivity index (χ2n) is 15.2. The first-order valence-electron chi connectivity index (χ1n) is 18.6. The van der Waals surface area contributed by atoms with Crippen molar-refractivity contribution >= 4 is 23.4 Å². The summed E-state index contributed by atoms with van der Waals surface area (Å²) in [6.07, 6.45) is 5.46. The predicted octanol–water partition coefficient (Wildman–Crippen LogP) is 8.95. The molecule has 0 aromatic heterocycles. The molecular formula is C42H86N2O8. The molecule has 4 atom stereocenters. The Balaban J connectivity index is -0.000000411. The largest absolute Gasteiger partial charge is 0.377 e. The average Bonchev–Trinajstić information content (AvgIpc) is 3.57. The van der Waals surface area contributed by atoms with Crippen LogP contribution in [0.15, 0.2) is 0 Å². The highest BCUT2D eigenvalue weighted by Crippen LogP contribution is 2.25. The molecule has 2 amide bonds. The molecule has 2 rings (SSSR count). The summed E-state index contributed by atoms with van der Waals surface area (Å²) < 4.78 is 23.3. The lowest BCUT2D eigenvalue weighted by atomic mass is 10.0. The van der Waals surface area contributed by atoms with Crippen molar-refractivity contribution in [3.63, 3.8) is 0 Å². The van der Waals surface area contributed by atoms with Crippen molar-refractivity contribution in [2.24, 2.45) is 11.8 Å². The Hall–Kier alpha value is -1.88. The van der Waals surface area contributed by atoms with Crippen LogP contribution in [-0.4, -0.2) is 108 Å². The summed E-state index contributed by atoms with van der Waals surface area (Å²) in [7, 11) is 0. The van der Waals surface area contributed by atoms with Crippen LogP contribution in [-0.2, 0) is 38.1 Å². The van der Waals surface area contributed by atoms with Crippen molar-refractivity contribution in [1.29, 1.82) is 0 Å². The number of Topliss-reactive ketones (excluding diaryl/α,β-unsaturated/α-hetero) is 2. The molecule has 2 saturated heterocycles. The van der Waals surface area contributed by atoms with E-state index < -0.39 is 0 Å². The number of carbonyl (C=O) groups excluding carboxylic acids is 4. The third-order valence-corrected chi connectivity index (χ3v) is 8.48. The predicted molar refractivity (Wildman–Crippen MR) is 217 cm³/mol. The van der Waals surface area contributed by atoms with E-state index in [9.17, 15) is 19.2 Å². The van der Waals surface area contributed by atoms with Gasteiger partial charge in [0.15, 0.2) is 0 Å². The van der Waals surface area contributed by atoms with Gasteiger partial charge < -0.3 is 28.7 Å². The molecule has 312 valence electrons. The molecule has 0 bridgehead atoms. The third-order valence-electron chi connectivity index (χ3n) is 8.48. The summed E-state index contributed by atoms with van der Waals surface area (Å²) in [4.78, 5) is 52.4. The molecule has 2 fully saturated rings. The van der Waals surface area contributed by atoms with Gasteiger partial charge in [0.05, 0.1) is 61.9 Å². The molecule has 0 aliphatic carbocycles. The topological polar surface area (TPSA) is 112 Å². The first-order chi connectivity index (χ1) is 22.4. The van der Waals surface area contributed by atoms with Crippen molar-refractivity contribution < 1.29 is 38.1 Å². The van der Waals surface area contributed by atoms with Crippen LogP contribution >= 0.6 is 0 Å². The third kappa shape index (κ3) is 23.0. The SMILES string of the molecule is C.C.C.C.CC(C)OCC1CC(OC(C)C)CN1C(=O)CCCC(=O)C(C)C.CC(C)OC[C@@H]1C[C@@H](OC(C)C)CN1C(=O)CCCC(=O)C(C)C. The monoisotopic (exact) mass is 747 g/mol. The van der Waals surface area contributed by atoms with E-state index in [4.69, 9.17) is 18.9 Å². The number of hydrogen-bond acceptors (Lipinski definition) is 8. The van der Waals surface area contributed by atoms with Gasteiger partial charge in [-0.1, -0.05) is 57.4 Å². The fraction of sp³-hybridized carbons (Fsp3) is 0.905. The lowest BCUT2D eigenvalue weighted by Gasteiger charge is -2.25. The molecule has 0 aromatic rings. The number of nitrogens with zero attached hydrogens (tertiary/aromatic N) is 2. The zero-order valence-corrected chi connectivity index (χ0v) is 32.4. The number of ether oxygens (including phenoxy) is 4. The van der Waals surface area contributed by atoms with E-state index in [1.165, 1.54) is 0 Å². The fourth-order valence-electron chi connectivity index (χ4n) is 5.94. The second kappa shape index (κ2) is 29.5. The molecule has 0 aromatic carbocycles. The van der Waals surface area contributed by atoms with Gasteiger partial charge in [-0.3, -0.25) is 19.2 Å². The number of likely N-dealkylation sites (tertiary alicyclic amines) is 2. The van der Waals surface area contributed by atoms with Gasteiger partial charge in [-0.25, -0.2) is 0 Å². The number of hydrogen-bond donors (Lipinski definition) is 0. The smallest absolute Gasteiger partial charge is 0.223 e. The Morgan fingerprint density at radius 1 is 0.500 bits per heavy atom. The van der Waals surface area contributed by atoms with E-state index in [0.29, 0.717) is 64.8 Å². The number of rotatable bonds is 20. The van der Waals surface area contributed by atoms with Crippen LogP contribution in [0, 0.1) is 11.8 Å². The molecule has 10 heteroatoms. The maximum Gasteiger partial charge on any atom is 0.223 e. The van der Waals surface area contributed by atoms with E-state index in [0.717, 1.165) is 12.8 Å². The minimum Gasteiger partial charge on any atom is -0.377 e. The molecule has 2 aliphatic heterocycles. The Bertz CT molecular complexity index is 890. The standard InChI is InChI=1S/2C19H35NO4.4CH4/c2*1-13(2)18(21)8-7-9-19(22)20-11-17(24-15(5)6)10-16(20)12-23-14(3)4;;;;/h2*13-17H,7-12H2,1-6H3;4*1H4/t16-,17+;;;;;/m0...../s1. The van der Waals surface area contributed by atoms with Crippen LogP contribution in [0.1, 0.15) is 164 Å². The number of carbonyl (C=O) groups is 4. The van der Waals surface area contributed by atoms with Crippen LogP contribution < -0.4 is 0 Å². The molecule has 0 radical (unpaired) electrons. The van der Waals surface area contributed by atoms with Crippen LogP contribution in [0.25, 0.3) is 0 Å². The molecule has 2 unspecified atom stereocenters. The Labute approximate surface area is 321 Å². The van der Waals surface area contributed by atoms with Crippen molar-refractivity contribution in [1.82, 2.24) is 9.80 Å². The van der Waals surface area contributed by atoms with Gasteiger partial charge in [0.25, 0.3) is 0 Å². The molecule has 10 nitrogen and oxygen atoms in total. The van der Waals surface area contributed by atoms with Gasteiger partial charge >= 0.3 is 0 Å². The first-order valence-corrected chi connectivity index (χ1v) is 18.6. The number of amides is 2. The minimum atomic E-state index is 0. The molecule has 2 aliphatic rings. The van der Waals surface area contributed by atoms with Crippen LogP contribution in [0.4, 0.5) is 0 Å². The van der Waals surface area contributed by atoms with E-state index in [1.807, 2.05) is 92.9 Å². The first kappa shape index (κ1) is 56.9. The van der Waals surface area contributed by atoms with Gasteiger partial charge in [-0.05, 0) is 81.1 Å². The van der Waals surface area contributed by atoms with Gasteiger partial charge in [-0.15, -0.1) is 0 Å². The lowest BCUT2D eigenvalue weighted by Crippen LogP contribution is -2.39. The molecule has 2 heterocycles. The Morgan fingerprint density at radius 3 is 1.06 bits per heavy atom. The van der Waals surface area contributed by atoms with Crippen molar-refractivity contribution in [3.8, 4) is 0 Å². The molecule has 52 heavy (non-hydrogen) atoms. The van der Waals surface area contributed by atoms with Gasteiger partial charge in [0.1, 0.15) is 11.6 Å². The summed E-state index contributed by atoms with van der Waals surface area (Å²) in [5.74, 6) is 0.762. The maximum absolute atomic E-state index is 12.6. The van der Waals surface area contributed by atoms with Gasteiger partial charge in [0, 0.05) is 50.6 Å². The summed E-state index contributed by atoms with van der Waals surface area (Å²) in [6.45, 7) is 26.0. The van der Waals surface area contributed by atoms with Crippen molar-refractivity contribution in [3.05, 3.63) is 0 Å². The van der Waals surface area contributed by atoms with E-state index in [2.05, 4.69) is 0 Å². The zero-order valence-electron chi connectivity index (χ0n) is 32.4. The average molecular weight is 747 g/mol. The highest BCUT2D eigenvalue weighted by atomic mass is 16.5. The summed E-state index contributed by atoms with van der Waals surface area (Å²) in [5.41, 5.74) is 0. The second-order valence-corrected chi connectivity index (χ2v) is 15.2. The minimum absolute atomic E-state index is 0. The summed E-state index contributed by atoms with van der Waals surface area (Å²) in [5, 5.41) is 0. The molecular weight excluding hydrogens is 660 g/mol.